The molecule has 2 aromatic heterocycles. The monoisotopic (exact) mass is 477 g/mol. The second kappa shape index (κ2) is 9.40. The van der Waals surface area contributed by atoms with Gasteiger partial charge in [-0.15, -0.1) is 11.3 Å². The van der Waals surface area contributed by atoms with Crippen LogP contribution in [0.2, 0.25) is 0 Å². The molecule has 0 spiro atoms. The molecule has 1 aliphatic carbocycles. The largest absolute Gasteiger partial charge is 0.390 e. The number of likely N-dealkylation sites (tertiary alicyclic amines) is 1. The van der Waals surface area contributed by atoms with E-state index < -0.39 is 0 Å². The Morgan fingerprint density at radius 2 is 2.00 bits per heavy atom. The van der Waals surface area contributed by atoms with Crippen molar-refractivity contribution in [1.29, 1.82) is 0 Å². The standard InChI is InChI=1S/C28H35N3O2S/c1-28(2,3)21-9-10-23-19(14-21)13-20-15-25(34-27(20)30-23)26(33)29-24(18-7-5-4-6-8-18)11-12-31-16-22(32)17-31/h4-8,13,15,21-22,24,32H,9-12,14,16-17H2,1-3H3,(H,29,33)/t21-,24?/m0/s1. The number of nitrogens with zero attached hydrogens (tertiary/aromatic N) is 2. The highest BCUT2D eigenvalue weighted by Gasteiger charge is 2.30. The van der Waals surface area contributed by atoms with Crippen molar-refractivity contribution in [2.45, 2.75) is 58.6 Å². The first-order chi connectivity index (χ1) is 16.3. The predicted octanol–water partition coefficient (Wildman–Crippen LogP) is 4.99. The Hall–Kier alpha value is -2.28. The number of pyridine rings is 1. The van der Waals surface area contributed by atoms with Gasteiger partial charge in [0.25, 0.3) is 5.91 Å². The molecule has 1 aromatic carbocycles. The minimum absolute atomic E-state index is 0.0361. The average Bonchev–Trinajstić information content (AvgIpc) is 3.21. The van der Waals surface area contributed by atoms with E-state index in [1.165, 1.54) is 29.0 Å². The van der Waals surface area contributed by atoms with E-state index in [2.05, 4.69) is 49.2 Å². The number of hydrogen-bond acceptors (Lipinski definition) is 5. The number of amides is 1. The maximum absolute atomic E-state index is 13.3. The van der Waals surface area contributed by atoms with Gasteiger partial charge >= 0.3 is 0 Å². The molecule has 0 saturated carbocycles. The van der Waals surface area contributed by atoms with Gasteiger partial charge in [0.15, 0.2) is 0 Å². The molecule has 180 valence electrons. The molecule has 5 rings (SSSR count). The van der Waals surface area contributed by atoms with Crippen LogP contribution in [0, 0.1) is 11.3 Å². The number of β-amino-alcohol motifs (C(OH)–C–C–N with tert-alkyl or cyclic N) is 1. The van der Waals surface area contributed by atoms with Crippen LogP contribution in [0.25, 0.3) is 10.2 Å². The maximum atomic E-state index is 13.3. The van der Waals surface area contributed by atoms with Gasteiger partial charge in [-0.3, -0.25) is 9.69 Å². The number of rotatable bonds is 6. The molecular weight excluding hydrogens is 442 g/mol. The predicted molar refractivity (Wildman–Crippen MR) is 138 cm³/mol. The zero-order valence-corrected chi connectivity index (χ0v) is 21.2. The van der Waals surface area contributed by atoms with Crippen LogP contribution in [0.4, 0.5) is 0 Å². The van der Waals surface area contributed by atoms with Gasteiger partial charge in [0.05, 0.1) is 17.0 Å². The number of nitrogens with one attached hydrogen (secondary N) is 1. The molecule has 34 heavy (non-hydrogen) atoms. The first-order valence-electron chi connectivity index (χ1n) is 12.4. The first kappa shape index (κ1) is 23.5. The van der Waals surface area contributed by atoms with Gasteiger partial charge in [0.2, 0.25) is 0 Å². The van der Waals surface area contributed by atoms with E-state index in [0.717, 1.165) is 59.6 Å². The van der Waals surface area contributed by atoms with E-state index in [0.29, 0.717) is 11.3 Å². The summed E-state index contributed by atoms with van der Waals surface area (Å²) in [6.07, 6.45) is 3.88. The molecule has 1 saturated heterocycles. The van der Waals surface area contributed by atoms with E-state index in [-0.39, 0.29) is 18.1 Å². The van der Waals surface area contributed by atoms with E-state index >= 15 is 0 Å². The van der Waals surface area contributed by atoms with Crippen LogP contribution >= 0.6 is 11.3 Å². The molecule has 2 aliphatic rings. The average molecular weight is 478 g/mol. The molecule has 0 bridgehead atoms. The zero-order valence-electron chi connectivity index (χ0n) is 20.4. The fourth-order valence-corrected chi connectivity index (χ4v) is 6.19. The van der Waals surface area contributed by atoms with Crippen molar-refractivity contribution in [2.24, 2.45) is 11.3 Å². The van der Waals surface area contributed by atoms with Crippen molar-refractivity contribution in [3.63, 3.8) is 0 Å². The summed E-state index contributed by atoms with van der Waals surface area (Å²) in [5.74, 6) is 0.630. The SMILES string of the molecule is CC(C)(C)[C@H]1CCc2nc3sc(C(=O)NC(CCN4CC(O)C4)c4ccccc4)cc3cc2C1. The van der Waals surface area contributed by atoms with Crippen molar-refractivity contribution in [2.75, 3.05) is 19.6 Å². The van der Waals surface area contributed by atoms with Gasteiger partial charge in [-0.2, -0.15) is 0 Å². The normalized spacial score (nSPS) is 20.1. The number of carbonyl (C=O) groups excluding carboxylic acids is 1. The molecule has 5 nitrogen and oxygen atoms in total. The zero-order chi connectivity index (χ0) is 23.9. The summed E-state index contributed by atoms with van der Waals surface area (Å²) in [4.78, 5) is 22.2. The highest BCUT2D eigenvalue weighted by Crippen LogP contribution is 2.38. The van der Waals surface area contributed by atoms with Crippen molar-refractivity contribution in [3.8, 4) is 0 Å². The number of carbonyl (C=O) groups is 1. The number of aromatic nitrogens is 1. The highest BCUT2D eigenvalue weighted by atomic mass is 32.1. The van der Waals surface area contributed by atoms with Crippen LogP contribution in [-0.2, 0) is 12.8 Å². The van der Waals surface area contributed by atoms with E-state index in [1.54, 1.807) is 0 Å². The lowest BCUT2D eigenvalue weighted by Gasteiger charge is -2.36. The lowest BCUT2D eigenvalue weighted by atomic mass is 9.71. The minimum Gasteiger partial charge on any atom is -0.390 e. The molecule has 0 radical (unpaired) electrons. The minimum atomic E-state index is -0.208. The van der Waals surface area contributed by atoms with Crippen LogP contribution in [-0.4, -0.2) is 46.6 Å². The topological polar surface area (TPSA) is 65.5 Å². The first-order valence-corrected chi connectivity index (χ1v) is 13.3. The van der Waals surface area contributed by atoms with Crippen molar-refractivity contribution >= 4 is 27.5 Å². The third-order valence-corrected chi connectivity index (χ3v) is 8.54. The Balaban J connectivity index is 1.33. The van der Waals surface area contributed by atoms with Gasteiger partial charge in [-0.05, 0) is 60.3 Å². The van der Waals surface area contributed by atoms with Crippen molar-refractivity contribution in [1.82, 2.24) is 15.2 Å². The lowest BCUT2D eigenvalue weighted by Crippen LogP contribution is -2.51. The summed E-state index contributed by atoms with van der Waals surface area (Å²) in [6.45, 7) is 9.28. The summed E-state index contributed by atoms with van der Waals surface area (Å²) in [7, 11) is 0. The van der Waals surface area contributed by atoms with Crippen LogP contribution in [0.3, 0.4) is 0 Å². The number of fused-ring (bicyclic) bond motifs is 2. The van der Waals surface area contributed by atoms with E-state index in [4.69, 9.17) is 4.98 Å². The van der Waals surface area contributed by atoms with Crippen LogP contribution in [0.5, 0.6) is 0 Å². The number of hydrogen-bond donors (Lipinski definition) is 2. The second-order valence-corrected chi connectivity index (χ2v) is 12.1. The Kier molecular flexibility index (Phi) is 6.49. The highest BCUT2D eigenvalue weighted by molar-refractivity contribution is 7.20. The number of thiophene rings is 1. The van der Waals surface area contributed by atoms with Crippen molar-refractivity contribution in [3.05, 3.63) is 64.2 Å². The summed E-state index contributed by atoms with van der Waals surface area (Å²) in [5, 5.41) is 13.9. The Labute approximate surface area is 206 Å². The van der Waals surface area contributed by atoms with Crippen molar-refractivity contribution < 1.29 is 9.90 Å². The molecule has 1 aliphatic heterocycles. The molecule has 1 unspecified atom stereocenters. The summed E-state index contributed by atoms with van der Waals surface area (Å²) in [6, 6.07) is 14.4. The van der Waals surface area contributed by atoms with Gasteiger partial charge in [0.1, 0.15) is 4.83 Å². The molecule has 1 fully saturated rings. The van der Waals surface area contributed by atoms with E-state index in [1.807, 2.05) is 24.3 Å². The van der Waals surface area contributed by atoms with Gasteiger partial charge in [-0.25, -0.2) is 4.98 Å². The Morgan fingerprint density at radius 1 is 1.24 bits per heavy atom. The molecule has 6 heteroatoms. The molecular formula is C28H35N3O2S. The fourth-order valence-electron chi connectivity index (χ4n) is 5.25. The summed E-state index contributed by atoms with van der Waals surface area (Å²) >= 11 is 1.50. The van der Waals surface area contributed by atoms with Crippen LogP contribution in [0.1, 0.15) is 66.1 Å². The number of aliphatic hydroxyl groups is 1. The summed E-state index contributed by atoms with van der Waals surface area (Å²) < 4.78 is 0. The third-order valence-electron chi connectivity index (χ3n) is 7.50. The Bertz CT molecular complexity index is 1160. The van der Waals surface area contributed by atoms with Gasteiger partial charge in [-0.1, -0.05) is 51.1 Å². The number of benzene rings is 1. The second-order valence-electron chi connectivity index (χ2n) is 11.0. The number of aryl methyl sites for hydroxylation is 1. The fraction of sp³-hybridized carbons (Fsp3) is 0.500. The summed E-state index contributed by atoms with van der Waals surface area (Å²) in [5.41, 5.74) is 3.97. The smallest absolute Gasteiger partial charge is 0.261 e. The van der Waals surface area contributed by atoms with Gasteiger partial charge < -0.3 is 10.4 Å². The molecule has 2 atom stereocenters. The molecule has 2 N–H and O–H groups in total. The molecule has 3 heterocycles. The lowest BCUT2D eigenvalue weighted by molar-refractivity contribution is 0.000309. The van der Waals surface area contributed by atoms with Crippen LogP contribution < -0.4 is 5.32 Å². The molecule has 1 amide bonds. The van der Waals surface area contributed by atoms with Gasteiger partial charge in [0, 0.05) is 30.7 Å². The third kappa shape index (κ3) is 5.04. The maximum Gasteiger partial charge on any atom is 0.261 e. The quantitative estimate of drug-likeness (QED) is 0.525. The molecule has 3 aromatic rings. The van der Waals surface area contributed by atoms with E-state index in [9.17, 15) is 9.90 Å². The number of aliphatic hydroxyl groups excluding tert-OH is 1. The van der Waals surface area contributed by atoms with Crippen LogP contribution in [0.15, 0.2) is 42.5 Å². The Morgan fingerprint density at radius 3 is 2.71 bits per heavy atom.